The van der Waals surface area contributed by atoms with E-state index in [-0.39, 0.29) is 28.7 Å². The van der Waals surface area contributed by atoms with Gasteiger partial charge < -0.3 is 9.84 Å². The number of hydrogen-bond donors (Lipinski definition) is 1. The number of benzene rings is 1. The van der Waals surface area contributed by atoms with Crippen molar-refractivity contribution in [1.82, 2.24) is 0 Å². The number of carbonyl (C=O) groups is 1. The molecule has 5 aliphatic carbocycles. The Morgan fingerprint density at radius 2 is 1.57 bits per heavy atom. The molecule has 0 bridgehead atoms. The summed E-state index contributed by atoms with van der Waals surface area (Å²) in [7, 11) is 0. The standard InChI is InChI=1S/C39H56O3/c1-25(2)28-17-20-36(5)23-24-38(7)29(34(28)36)14-15-31-37(6)21-19-32(35(3,4)30(37)18-22-39(31,38)8)42-33(41)16-11-26-9-12-27(40)13-10-26/h9-13,16,28-32,34,40H,1,14-15,17-24H2,2-8H3/b16-11+/t28-,29+,30-,31+,32+,34+,36+,37-,38+,39+/m0/s1. The van der Waals surface area contributed by atoms with Gasteiger partial charge in [0.05, 0.1) is 0 Å². The number of esters is 1. The van der Waals surface area contributed by atoms with Crippen molar-refractivity contribution in [3.8, 4) is 5.75 Å². The molecule has 5 fully saturated rings. The molecule has 0 unspecified atom stereocenters. The zero-order chi connectivity index (χ0) is 30.3. The Morgan fingerprint density at radius 1 is 0.857 bits per heavy atom. The predicted molar refractivity (Wildman–Crippen MR) is 172 cm³/mol. The third-order valence-corrected chi connectivity index (χ3v) is 15.0. The Balaban J connectivity index is 1.22. The average molecular weight is 573 g/mol. The van der Waals surface area contributed by atoms with E-state index in [1.807, 2.05) is 12.1 Å². The van der Waals surface area contributed by atoms with Gasteiger partial charge in [0.2, 0.25) is 0 Å². The van der Waals surface area contributed by atoms with Gasteiger partial charge in [-0.15, -0.1) is 0 Å². The van der Waals surface area contributed by atoms with E-state index in [1.54, 1.807) is 24.3 Å². The number of phenols is 1. The highest BCUT2D eigenvalue weighted by atomic mass is 16.5. The lowest BCUT2D eigenvalue weighted by Gasteiger charge is -2.73. The maximum absolute atomic E-state index is 13.0. The fourth-order valence-corrected chi connectivity index (χ4v) is 12.6. The Bertz CT molecular complexity index is 1260. The molecule has 0 amide bonds. The number of rotatable bonds is 4. The molecule has 0 heterocycles. The van der Waals surface area contributed by atoms with Crippen molar-refractivity contribution in [2.75, 3.05) is 0 Å². The third kappa shape index (κ3) is 4.29. The molecule has 1 N–H and O–H groups in total. The number of hydrogen-bond acceptors (Lipinski definition) is 3. The summed E-state index contributed by atoms with van der Waals surface area (Å²) < 4.78 is 6.22. The van der Waals surface area contributed by atoms with Crippen LogP contribution in [0, 0.1) is 56.7 Å². The summed E-state index contributed by atoms with van der Waals surface area (Å²) in [6.07, 6.45) is 16.2. The minimum absolute atomic E-state index is 0.0598. The summed E-state index contributed by atoms with van der Waals surface area (Å²) in [5.74, 6) is 3.57. The van der Waals surface area contributed by atoms with Gasteiger partial charge in [-0.1, -0.05) is 65.8 Å². The molecule has 230 valence electrons. The van der Waals surface area contributed by atoms with Crippen LogP contribution in [0.1, 0.15) is 118 Å². The fourth-order valence-electron chi connectivity index (χ4n) is 12.6. The van der Waals surface area contributed by atoms with Crippen molar-refractivity contribution in [1.29, 1.82) is 0 Å². The molecule has 5 saturated carbocycles. The second-order valence-electron chi connectivity index (χ2n) is 17.1. The molecule has 1 aromatic carbocycles. The zero-order valence-electron chi connectivity index (χ0n) is 27.5. The summed E-state index contributed by atoms with van der Waals surface area (Å²) >= 11 is 0. The van der Waals surface area contributed by atoms with Crippen molar-refractivity contribution < 1.29 is 14.6 Å². The number of fused-ring (bicyclic) bond motifs is 7. The smallest absolute Gasteiger partial charge is 0.331 e. The van der Waals surface area contributed by atoms with Crippen LogP contribution in [0.4, 0.5) is 0 Å². The van der Waals surface area contributed by atoms with Crippen LogP contribution in [0.2, 0.25) is 0 Å². The summed E-state index contributed by atoms with van der Waals surface area (Å²) in [6.45, 7) is 22.3. The Kier molecular flexibility index (Phi) is 7.14. The molecule has 3 heteroatoms. The minimum Gasteiger partial charge on any atom is -0.508 e. The lowest BCUT2D eigenvalue weighted by Crippen LogP contribution is -2.66. The minimum atomic E-state index is -0.257. The molecular weight excluding hydrogens is 516 g/mol. The maximum atomic E-state index is 13.0. The Morgan fingerprint density at radius 3 is 2.26 bits per heavy atom. The van der Waals surface area contributed by atoms with Gasteiger partial charge in [-0.3, -0.25) is 0 Å². The second kappa shape index (κ2) is 10.00. The van der Waals surface area contributed by atoms with Gasteiger partial charge in [0, 0.05) is 11.5 Å². The van der Waals surface area contributed by atoms with Crippen LogP contribution in [0.5, 0.6) is 5.75 Å². The second-order valence-corrected chi connectivity index (χ2v) is 17.1. The van der Waals surface area contributed by atoms with Crippen LogP contribution >= 0.6 is 0 Å². The van der Waals surface area contributed by atoms with Gasteiger partial charge in [-0.25, -0.2) is 4.79 Å². The zero-order valence-corrected chi connectivity index (χ0v) is 27.5. The molecule has 0 aliphatic heterocycles. The molecule has 0 spiro atoms. The van der Waals surface area contributed by atoms with E-state index in [4.69, 9.17) is 4.74 Å². The molecule has 42 heavy (non-hydrogen) atoms. The highest BCUT2D eigenvalue weighted by Gasteiger charge is 2.70. The molecule has 1 aromatic rings. The molecule has 6 rings (SSSR count). The first-order chi connectivity index (χ1) is 19.7. The molecule has 3 nitrogen and oxygen atoms in total. The summed E-state index contributed by atoms with van der Waals surface area (Å²) in [5.41, 5.74) is 3.78. The maximum Gasteiger partial charge on any atom is 0.331 e. The topological polar surface area (TPSA) is 46.5 Å². The van der Waals surface area contributed by atoms with Gasteiger partial charge >= 0.3 is 5.97 Å². The van der Waals surface area contributed by atoms with Crippen LogP contribution in [0.15, 0.2) is 42.5 Å². The van der Waals surface area contributed by atoms with Crippen LogP contribution in [0.25, 0.3) is 6.08 Å². The summed E-state index contributed by atoms with van der Waals surface area (Å²) in [5, 5.41) is 9.54. The number of ether oxygens (including phenoxy) is 1. The number of phenolic OH excluding ortho intramolecular Hbond substituents is 1. The summed E-state index contributed by atoms with van der Waals surface area (Å²) in [4.78, 5) is 13.0. The lowest BCUT2D eigenvalue weighted by atomic mass is 9.32. The number of carbonyl (C=O) groups excluding carboxylic acids is 1. The van der Waals surface area contributed by atoms with E-state index in [1.165, 1.54) is 56.9 Å². The van der Waals surface area contributed by atoms with E-state index in [2.05, 4.69) is 55.0 Å². The van der Waals surface area contributed by atoms with Crippen molar-refractivity contribution in [2.45, 2.75) is 119 Å². The van der Waals surface area contributed by atoms with Gasteiger partial charge in [0.15, 0.2) is 0 Å². The van der Waals surface area contributed by atoms with Crippen molar-refractivity contribution >= 4 is 12.0 Å². The Hall–Kier alpha value is -2.03. The van der Waals surface area contributed by atoms with Gasteiger partial charge in [-0.05, 0) is 146 Å². The van der Waals surface area contributed by atoms with E-state index in [0.29, 0.717) is 28.1 Å². The number of allylic oxidation sites excluding steroid dienone is 1. The molecule has 0 aromatic heterocycles. The first-order valence-corrected chi connectivity index (χ1v) is 17.0. The number of aromatic hydroxyl groups is 1. The first kappa shape index (κ1) is 30.0. The third-order valence-electron chi connectivity index (χ3n) is 15.0. The van der Waals surface area contributed by atoms with E-state index in [0.717, 1.165) is 36.2 Å². The molecule has 0 saturated heterocycles. The molecule has 0 radical (unpaired) electrons. The predicted octanol–water partition coefficient (Wildman–Crippen LogP) is 9.99. The SMILES string of the molecule is C=C(C)[C@@H]1CC[C@]2(C)CC[C@]3(C)[C@H](CC[C@@H]4[C@@]5(C)CC[C@@H](OC(=O)/C=C/c6ccc(O)cc6)C(C)(C)[C@@H]5CC[C@]43C)[C@@H]12. The van der Waals surface area contributed by atoms with E-state index < -0.39 is 0 Å². The quantitative estimate of drug-likeness (QED) is 0.222. The lowest BCUT2D eigenvalue weighted by molar-refractivity contribution is -0.248. The molecule has 10 atom stereocenters. The van der Waals surface area contributed by atoms with Crippen molar-refractivity contribution in [2.24, 2.45) is 56.7 Å². The monoisotopic (exact) mass is 572 g/mol. The first-order valence-electron chi connectivity index (χ1n) is 17.0. The largest absolute Gasteiger partial charge is 0.508 e. The van der Waals surface area contributed by atoms with E-state index >= 15 is 0 Å². The normalized spacial score (nSPS) is 45.8. The van der Waals surface area contributed by atoms with Crippen LogP contribution < -0.4 is 0 Å². The van der Waals surface area contributed by atoms with E-state index in [9.17, 15) is 9.90 Å². The van der Waals surface area contributed by atoms with Crippen LogP contribution in [-0.4, -0.2) is 17.2 Å². The Labute approximate surface area is 255 Å². The van der Waals surface area contributed by atoms with Crippen LogP contribution in [-0.2, 0) is 9.53 Å². The highest BCUT2D eigenvalue weighted by molar-refractivity contribution is 5.87. The van der Waals surface area contributed by atoms with Gasteiger partial charge in [0.1, 0.15) is 11.9 Å². The average Bonchev–Trinajstić information content (AvgIpc) is 3.28. The van der Waals surface area contributed by atoms with Crippen molar-refractivity contribution in [3.63, 3.8) is 0 Å². The molecule has 5 aliphatic rings. The van der Waals surface area contributed by atoms with Crippen LogP contribution in [0.3, 0.4) is 0 Å². The van der Waals surface area contributed by atoms with Gasteiger partial charge in [0.25, 0.3) is 0 Å². The highest BCUT2D eigenvalue weighted by Crippen LogP contribution is 2.77. The molecular formula is C39H56O3. The summed E-state index contributed by atoms with van der Waals surface area (Å²) in [6, 6.07) is 6.89. The van der Waals surface area contributed by atoms with Gasteiger partial charge in [-0.2, -0.15) is 0 Å². The van der Waals surface area contributed by atoms with Crippen molar-refractivity contribution in [3.05, 3.63) is 48.1 Å². The fraction of sp³-hybridized carbons (Fsp3) is 0.718.